The molecule has 1 aliphatic heterocycles. The van der Waals surface area contributed by atoms with E-state index >= 15 is 0 Å². The van der Waals surface area contributed by atoms with Crippen molar-refractivity contribution in [2.24, 2.45) is 5.41 Å². The largest absolute Gasteiger partial charge is 0.396 e. The van der Waals surface area contributed by atoms with Crippen LogP contribution in [0.4, 0.5) is 6.01 Å². The van der Waals surface area contributed by atoms with Gasteiger partial charge in [0, 0.05) is 30.7 Å². The molecular weight excluding hydrogens is 282 g/mol. The van der Waals surface area contributed by atoms with Gasteiger partial charge in [-0.25, -0.2) is 0 Å². The van der Waals surface area contributed by atoms with E-state index in [2.05, 4.69) is 15.5 Å². The van der Waals surface area contributed by atoms with E-state index < -0.39 is 0 Å². The van der Waals surface area contributed by atoms with Gasteiger partial charge in [-0.2, -0.15) is 4.98 Å². The van der Waals surface area contributed by atoms with Gasteiger partial charge in [-0.3, -0.25) is 0 Å². The van der Waals surface area contributed by atoms with Crippen molar-refractivity contribution in [3.05, 3.63) is 29.8 Å². The van der Waals surface area contributed by atoms with Gasteiger partial charge in [0.25, 0.3) is 0 Å². The van der Waals surface area contributed by atoms with Crippen LogP contribution in [0.3, 0.4) is 0 Å². The number of nitrogens with zero attached hydrogens (tertiary/aromatic N) is 2. The Morgan fingerprint density at radius 2 is 2.14 bits per heavy atom. The predicted molar refractivity (Wildman–Crippen MR) is 82.5 cm³/mol. The van der Waals surface area contributed by atoms with Crippen molar-refractivity contribution in [2.75, 3.05) is 31.7 Å². The highest BCUT2D eigenvalue weighted by atomic mass is 16.5. The van der Waals surface area contributed by atoms with Crippen LogP contribution in [0, 0.1) is 12.3 Å². The quantitative estimate of drug-likeness (QED) is 0.852. The van der Waals surface area contributed by atoms with Crippen LogP contribution in [0.1, 0.15) is 18.4 Å². The first-order chi connectivity index (χ1) is 10.7. The maximum atomic E-state index is 9.23. The minimum atomic E-state index is -0.0484. The van der Waals surface area contributed by atoms with E-state index in [0.29, 0.717) is 31.4 Å². The first-order valence-electron chi connectivity index (χ1n) is 7.54. The van der Waals surface area contributed by atoms with Gasteiger partial charge in [-0.1, -0.05) is 35.0 Å². The van der Waals surface area contributed by atoms with Gasteiger partial charge in [0.15, 0.2) is 0 Å². The third kappa shape index (κ3) is 3.28. The number of hydrogen-bond acceptors (Lipinski definition) is 6. The van der Waals surface area contributed by atoms with Crippen molar-refractivity contribution in [3.63, 3.8) is 0 Å². The van der Waals surface area contributed by atoms with E-state index in [1.807, 2.05) is 31.2 Å². The lowest BCUT2D eigenvalue weighted by atomic mass is 9.84. The standard InChI is InChI=1S/C16H21N3O3/c1-12-2-4-13(5-3-12)14-18-15(22-19-14)17-10-16(6-8-20)7-9-21-11-16/h2-5,20H,6-11H2,1H3,(H,17,18,19). The fourth-order valence-corrected chi connectivity index (χ4v) is 2.69. The molecule has 0 aliphatic carbocycles. The van der Waals surface area contributed by atoms with Gasteiger partial charge in [0.1, 0.15) is 0 Å². The molecule has 0 spiro atoms. The van der Waals surface area contributed by atoms with Crippen LogP contribution < -0.4 is 5.32 Å². The lowest BCUT2D eigenvalue weighted by molar-refractivity contribution is 0.133. The van der Waals surface area contributed by atoms with Gasteiger partial charge in [0.05, 0.1) is 6.61 Å². The summed E-state index contributed by atoms with van der Waals surface area (Å²) >= 11 is 0. The molecule has 0 amide bonds. The Hall–Kier alpha value is -1.92. The van der Waals surface area contributed by atoms with Crippen LogP contribution in [0.15, 0.2) is 28.8 Å². The second-order valence-corrected chi connectivity index (χ2v) is 5.92. The highest BCUT2D eigenvalue weighted by Crippen LogP contribution is 2.32. The molecule has 2 aromatic rings. The van der Waals surface area contributed by atoms with Crippen LogP contribution in [0.25, 0.3) is 11.4 Å². The number of hydrogen-bond donors (Lipinski definition) is 2. The molecule has 6 heteroatoms. The molecule has 6 nitrogen and oxygen atoms in total. The smallest absolute Gasteiger partial charge is 0.321 e. The van der Waals surface area contributed by atoms with Gasteiger partial charge in [-0.15, -0.1) is 0 Å². The number of aryl methyl sites for hydroxylation is 1. The summed E-state index contributed by atoms with van der Waals surface area (Å²) in [6.45, 7) is 4.24. The Kier molecular flexibility index (Phi) is 4.40. The number of nitrogens with one attached hydrogen (secondary N) is 1. The molecule has 1 saturated heterocycles. The molecule has 22 heavy (non-hydrogen) atoms. The summed E-state index contributed by atoms with van der Waals surface area (Å²) in [6, 6.07) is 8.39. The molecule has 1 fully saturated rings. The lowest BCUT2D eigenvalue weighted by Crippen LogP contribution is -2.31. The van der Waals surface area contributed by atoms with Gasteiger partial charge in [-0.05, 0) is 19.8 Å². The normalized spacial score (nSPS) is 21.2. The molecule has 0 saturated carbocycles. The zero-order valence-corrected chi connectivity index (χ0v) is 12.7. The van der Waals surface area contributed by atoms with Crippen molar-refractivity contribution < 1.29 is 14.4 Å². The van der Waals surface area contributed by atoms with Crippen molar-refractivity contribution in [1.29, 1.82) is 0 Å². The molecule has 1 aromatic carbocycles. The van der Waals surface area contributed by atoms with Gasteiger partial charge >= 0.3 is 6.01 Å². The zero-order valence-electron chi connectivity index (χ0n) is 12.7. The first kappa shape index (κ1) is 15.0. The van der Waals surface area contributed by atoms with E-state index in [-0.39, 0.29) is 12.0 Å². The monoisotopic (exact) mass is 303 g/mol. The fourth-order valence-electron chi connectivity index (χ4n) is 2.69. The molecule has 1 unspecified atom stereocenters. The third-order valence-electron chi connectivity index (χ3n) is 4.18. The molecule has 0 bridgehead atoms. The molecule has 1 aliphatic rings. The number of anilines is 1. The van der Waals surface area contributed by atoms with Crippen LogP contribution in [-0.2, 0) is 4.74 Å². The lowest BCUT2D eigenvalue weighted by Gasteiger charge is -2.25. The van der Waals surface area contributed by atoms with E-state index in [0.717, 1.165) is 18.6 Å². The van der Waals surface area contributed by atoms with Crippen LogP contribution >= 0.6 is 0 Å². The Balaban J connectivity index is 1.65. The average molecular weight is 303 g/mol. The van der Waals surface area contributed by atoms with E-state index in [4.69, 9.17) is 9.26 Å². The molecule has 0 radical (unpaired) electrons. The summed E-state index contributed by atoms with van der Waals surface area (Å²) < 4.78 is 10.7. The second kappa shape index (κ2) is 6.46. The molecule has 3 rings (SSSR count). The van der Waals surface area contributed by atoms with Gasteiger partial charge < -0.3 is 19.7 Å². The molecule has 1 aromatic heterocycles. The Morgan fingerprint density at radius 1 is 1.32 bits per heavy atom. The summed E-state index contributed by atoms with van der Waals surface area (Å²) in [5.74, 6) is 0.571. The molecular formula is C16H21N3O3. The number of aromatic nitrogens is 2. The van der Waals surface area contributed by atoms with Crippen LogP contribution in [-0.4, -0.2) is 41.6 Å². The summed E-state index contributed by atoms with van der Waals surface area (Å²) in [7, 11) is 0. The minimum Gasteiger partial charge on any atom is -0.396 e. The number of rotatable bonds is 6. The summed E-state index contributed by atoms with van der Waals surface area (Å²) in [6.07, 6.45) is 1.64. The maximum Gasteiger partial charge on any atom is 0.321 e. The van der Waals surface area contributed by atoms with E-state index in [1.54, 1.807) is 0 Å². The van der Waals surface area contributed by atoms with E-state index in [1.165, 1.54) is 5.56 Å². The molecule has 2 N–H and O–H groups in total. The van der Waals surface area contributed by atoms with Gasteiger partial charge in [0.2, 0.25) is 5.82 Å². The summed E-state index contributed by atoms with van der Waals surface area (Å²) in [5, 5.41) is 16.4. The number of benzene rings is 1. The predicted octanol–water partition coefficient (Wildman–Crippen LogP) is 2.25. The number of aliphatic hydroxyl groups excluding tert-OH is 1. The van der Waals surface area contributed by atoms with Crippen LogP contribution in [0.2, 0.25) is 0 Å². The van der Waals surface area contributed by atoms with Crippen molar-refractivity contribution in [1.82, 2.24) is 10.1 Å². The summed E-state index contributed by atoms with van der Waals surface area (Å²) in [4.78, 5) is 4.37. The fraction of sp³-hybridized carbons (Fsp3) is 0.500. The SMILES string of the molecule is Cc1ccc(-c2noc(NCC3(CCO)CCOC3)n2)cc1. The molecule has 1 atom stereocenters. The first-order valence-corrected chi connectivity index (χ1v) is 7.54. The van der Waals surface area contributed by atoms with Crippen molar-refractivity contribution in [3.8, 4) is 11.4 Å². The minimum absolute atomic E-state index is 0.0484. The Morgan fingerprint density at radius 3 is 2.82 bits per heavy atom. The van der Waals surface area contributed by atoms with Crippen molar-refractivity contribution >= 4 is 6.01 Å². The Labute approximate surface area is 129 Å². The Bertz CT molecular complexity index is 603. The van der Waals surface area contributed by atoms with E-state index in [9.17, 15) is 5.11 Å². The second-order valence-electron chi connectivity index (χ2n) is 5.92. The maximum absolute atomic E-state index is 9.23. The summed E-state index contributed by atoms with van der Waals surface area (Å²) in [5.41, 5.74) is 2.07. The highest BCUT2D eigenvalue weighted by Gasteiger charge is 2.34. The molecule has 2 heterocycles. The van der Waals surface area contributed by atoms with Crippen molar-refractivity contribution in [2.45, 2.75) is 19.8 Å². The number of ether oxygens (including phenoxy) is 1. The zero-order chi connectivity index (χ0) is 15.4. The highest BCUT2D eigenvalue weighted by molar-refractivity contribution is 5.55. The average Bonchev–Trinajstić information content (AvgIpc) is 3.16. The number of aliphatic hydroxyl groups is 1. The third-order valence-corrected chi connectivity index (χ3v) is 4.18. The van der Waals surface area contributed by atoms with Crippen LogP contribution in [0.5, 0.6) is 0 Å². The molecule has 118 valence electrons. The topological polar surface area (TPSA) is 80.4 Å².